The predicted molar refractivity (Wildman–Crippen MR) is 106 cm³/mol. The van der Waals surface area contributed by atoms with Crippen LogP contribution in [0.5, 0.6) is 11.5 Å². The summed E-state index contributed by atoms with van der Waals surface area (Å²) in [5.41, 5.74) is 2.46. The van der Waals surface area contributed by atoms with Gasteiger partial charge in [-0.1, -0.05) is 18.7 Å². The van der Waals surface area contributed by atoms with Crippen molar-refractivity contribution in [2.75, 3.05) is 23.8 Å². The molecule has 0 aliphatic rings. The highest BCUT2D eigenvalue weighted by molar-refractivity contribution is 5.94. The van der Waals surface area contributed by atoms with Crippen molar-refractivity contribution in [1.82, 2.24) is 0 Å². The summed E-state index contributed by atoms with van der Waals surface area (Å²) < 4.78 is 11.3. The molecule has 0 radical (unpaired) electrons. The maximum absolute atomic E-state index is 12.2. The van der Waals surface area contributed by atoms with E-state index in [4.69, 9.17) is 9.47 Å². The van der Waals surface area contributed by atoms with Crippen molar-refractivity contribution in [3.8, 4) is 11.5 Å². The van der Waals surface area contributed by atoms with E-state index in [1.807, 2.05) is 69.3 Å². The van der Waals surface area contributed by atoms with Crippen LogP contribution < -0.4 is 20.1 Å². The number of anilines is 2. The third kappa shape index (κ3) is 6.51. The van der Waals surface area contributed by atoms with Gasteiger partial charge in [0.05, 0.1) is 18.3 Å². The van der Waals surface area contributed by atoms with Crippen LogP contribution in [0.2, 0.25) is 0 Å². The molecule has 0 bridgehead atoms. The van der Waals surface area contributed by atoms with Gasteiger partial charge in [0.1, 0.15) is 18.1 Å². The van der Waals surface area contributed by atoms with Crippen molar-refractivity contribution < 1.29 is 14.3 Å². The summed E-state index contributed by atoms with van der Waals surface area (Å²) in [4.78, 5) is 12.2. The van der Waals surface area contributed by atoms with Gasteiger partial charge in [0.2, 0.25) is 5.91 Å². The average Bonchev–Trinajstić information content (AvgIpc) is 2.60. The van der Waals surface area contributed by atoms with E-state index < -0.39 is 0 Å². The minimum absolute atomic E-state index is 0.0670. The number of hydrogen-bond donors (Lipinski definition) is 2. The standard InChI is InChI=1S/C21H26N2O3/c1-15(2)14-25-18-11-9-17(10-12-18)23-21(24)13-22-19-7-5-6-8-20(19)26-16(3)4/h5-12,16,22H,1,13-14H2,2-4H3,(H,23,24). The van der Waals surface area contributed by atoms with Gasteiger partial charge in [0.25, 0.3) is 0 Å². The Morgan fingerprint density at radius 3 is 2.46 bits per heavy atom. The zero-order valence-electron chi connectivity index (χ0n) is 15.5. The molecule has 5 heteroatoms. The van der Waals surface area contributed by atoms with Gasteiger partial charge < -0.3 is 20.1 Å². The monoisotopic (exact) mass is 354 g/mol. The van der Waals surface area contributed by atoms with Crippen molar-refractivity contribution >= 4 is 17.3 Å². The van der Waals surface area contributed by atoms with E-state index in [0.717, 1.165) is 22.8 Å². The SMILES string of the molecule is C=C(C)COc1ccc(NC(=O)CNc2ccccc2OC(C)C)cc1. The Morgan fingerprint density at radius 2 is 1.81 bits per heavy atom. The molecule has 2 aromatic rings. The van der Waals surface area contributed by atoms with Crippen molar-refractivity contribution in [1.29, 1.82) is 0 Å². The predicted octanol–water partition coefficient (Wildman–Crippen LogP) is 4.48. The zero-order valence-corrected chi connectivity index (χ0v) is 15.5. The Labute approximate surface area is 155 Å². The molecule has 0 unspecified atom stereocenters. The lowest BCUT2D eigenvalue weighted by Crippen LogP contribution is -2.22. The van der Waals surface area contributed by atoms with E-state index in [0.29, 0.717) is 12.3 Å². The van der Waals surface area contributed by atoms with Crippen LogP contribution >= 0.6 is 0 Å². The fourth-order valence-corrected chi connectivity index (χ4v) is 2.19. The first-order chi connectivity index (χ1) is 12.4. The van der Waals surface area contributed by atoms with Crippen LogP contribution in [0.4, 0.5) is 11.4 Å². The summed E-state index contributed by atoms with van der Waals surface area (Å²) in [7, 11) is 0. The third-order valence-electron chi connectivity index (χ3n) is 3.31. The molecule has 0 saturated heterocycles. The van der Waals surface area contributed by atoms with E-state index in [1.54, 1.807) is 0 Å². The highest BCUT2D eigenvalue weighted by atomic mass is 16.5. The number of carbonyl (C=O) groups is 1. The van der Waals surface area contributed by atoms with Gasteiger partial charge in [0.15, 0.2) is 0 Å². The fraction of sp³-hybridized carbons (Fsp3) is 0.286. The molecule has 0 atom stereocenters. The van der Waals surface area contributed by atoms with Crippen LogP contribution in [0.25, 0.3) is 0 Å². The number of benzene rings is 2. The van der Waals surface area contributed by atoms with E-state index in [1.165, 1.54) is 0 Å². The van der Waals surface area contributed by atoms with Gasteiger partial charge in [0, 0.05) is 5.69 Å². The number of amides is 1. The van der Waals surface area contributed by atoms with Crippen LogP contribution in [0.1, 0.15) is 20.8 Å². The highest BCUT2D eigenvalue weighted by Crippen LogP contribution is 2.24. The summed E-state index contributed by atoms with van der Waals surface area (Å²) in [6.45, 7) is 10.3. The molecule has 5 nitrogen and oxygen atoms in total. The molecule has 0 heterocycles. The van der Waals surface area contributed by atoms with Crippen molar-refractivity contribution in [2.24, 2.45) is 0 Å². The van der Waals surface area contributed by atoms with Gasteiger partial charge >= 0.3 is 0 Å². The molecule has 2 aromatic carbocycles. The zero-order chi connectivity index (χ0) is 18.9. The minimum Gasteiger partial charge on any atom is -0.489 e. The normalized spacial score (nSPS) is 10.3. The number of hydrogen-bond acceptors (Lipinski definition) is 4. The molecular formula is C21H26N2O3. The third-order valence-corrected chi connectivity index (χ3v) is 3.31. The van der Waals surface area contributed by atoms with Crippen LogP contribution in [0.15, 0.2) is 60.7 Å². The number of ether oxygens (including phenoxy) is 2. The van der Waals surface area contributed by atoms with Crippen LogP contribution in [0, 0.1) is 0 Å². The maximum Gasteiger partial charge on any atom is 0.243 e. The first-order valence-corrected chi connectivity index (χ1v) is 8.60. The Balaban J connectivity index is 1.86. The Kier molecular flexibility index (Phi) is 7.09. The summed E-state index contributed by atoms with van der Waals surface area (Å²) in [6, 6.07) is 14.8. The van der Waals surface area contributed by atoms with Gasteiger partial charge in [-0.3, -0.25) is 4.79 Å². The molecular weight excluding hydrogens is 328 g/mol. The second-order valence-corrected chi connectivity index (χ2v) is 6.33. The molecule has 0 aliphatic heterocycles. The fourth-order valence-electron chi connectivity index (χ4n) is 2.19. The second kappa shape index (κ2) is 9.51. The summed E-state index contributed by atoms with van der Waals surface area (Å²) in [5.74, 6) is 1.33. The molecule has 0 fully saturated rings. The van der Waals surface area contributed by atoms with Crippen molar-refractivity contribution in [3.05, 3.63) is 60.7 Å². The number of para-hydroxylation sites is 2. The first-order valence-electron chi connectivity index (χ1n) is 8.60. The lowest BCUT2D eigenvalue weighted by atomic mass is 10.2. The molecule has 2 N–H and O–H groups in total. The minimum atomic E-state index is -0.139. The largest absolute Gasteiger partial charge is 0.489 e. The van der Waals surface area contributed by atoms with Crippen LogP contribution in [-0.2, 0) is 4.79 Å². The quantitative estimate of drug-likeness (QED) is 0.652. The van der Waals surface area contributed by atoms with Crippen molar-refractivity contribution in [3.63, 3.8) is 0 Å². The Hall–Kier alpha value is -2.95. The number of carbonyl (C=O) groups excluding carboxylic acids is 1. The molecule has 138 valence electrons. The lowest BCUT2D eigenvalue weighted by molar-refractivity contribution is -0.114. The molecule has 26 heavy (non-hydrogen) atoms. The summed E-state index contributed by atoms with van der Waals surface area (Å²) in [6.07, 6.45) is 0.0670. The van der Waals surface area contributed by atoms with E-state index in [2.05, 4.69) is 17.2 Å². The molecule has 0 spiro atoms. The van der Waals surface area contributed by atoms with E-state index >= 15 is 0 Å². The Bertz CT molecular complexity index is 739. The van der Waals surface area contributed by atoms with E-state index in [-0.39, 0.29) is 18.6 Å². The summed E-state index contributed by atoms with van der Waals surface area (Å²) >= 11 is 0. The van der Waals surface area contributed by atoms with Gasteiger partial charge in [-0.25, -0.2) is 0 Å². The van der Waals surface area contributed by atoms with Crippen LogP contribution in [-0.4, -0.2) is 25.2 Å². The number of nitrogens with one attached hydrogen (secondary N) is 2. The smallest absolute Gasteiger partial charge is 0.243 e. The lowest BCUT2D eigenvalue weighted by Gasteiger charge is -2.15. The second-order valence-electron chi connectivity index (χ2n) is 6.33. The van der Waals surface area contributed by atoms with Gasteiger partial charge in [-0.15, -0.1) is 0 Å². The van der Waals surface area contributed by atoms with Crippen molar-refractivity contribution in [2.45, 2.75) is 26.9 Å². The molecule has 1 amide bonds. The number of rotatable bonds is 9. The first kappa shape index (κ1) is 19.4. The van der Waals surface area contributed by atoms with Gasteiger partial charge in [-0.05, 0) is 62.7 Å². The van der Waals surface area contributed by atoms with Gasteiger partial charge in [-0.2, -0.15) is 0 Å². The summed E-state index contributed by atoms with van der Waals surface area (Å²) in [5, 5.41) is 5.96. The molecule has 0 aromatic heterocycles. The molecule has 2 rings (SSSR count). The van der Waals surface area contributed by atoms with Crippen LogP contribution in [0.3, 0.4) is 0 Å². The van der Waals surface area contributed by atoms with E-state index in [9.17, 15) is 4.79 Å². The molecule has 0 aliphatic carbocycles. The highest BCUT2D eigenvalue weighted by Gasteiger charge is 2.07. The topological polar surface area (TPSA) is 59.6 Å². The maximum atomic E-state index is 12.2. The molecule has 0 saturated carbocycles. The Morgan fingerprint density at radius 1 is 1.12 bits per heavy atom. The average molecular weight is 354 g/mol.